The largest absolute Gasteiger partial charge is 0.481 e. The van der Waals surface area contributed by atoms with E-state index in [9.17, 15) is 14.4 Å². The molecule has 2 rings (SSSR count). The average Bonchev–Trinajstić information content (AvgIpc) is 3.03. The molecule has 8 nitrogen and oxygen atoms in total. The van der Waals surface area contributed by atoms with Gasteiger partial charge in [0.25, 0.3) is 0 Å². The summed E-state index contributed by atoms with van der Waals surface area (Å²) in [5.41, 5.74) is 0.637. The van der Waals surface area contributed by atoms with E-state index in [1.807, 2.05) is 0 Å². The fraction of sp³-hybridized carbons (Fsp3) is 0.500. The van der Waals surface area contributed by atoms with E-state index in [0.29, 0.717) is 12.2 Å². The van der Waals surface area contributed by atoms with Crippen molar-refractivity contribution in [3.05, 3.63) is 12.4 Å². The fourth-order valence-electron chi connectivity index (χ4n) is 2.20. The minimum Gasteiger partial charge on any atom is -0.481 e. The summed E-state index contributed by atoms with van der Waals surface area (Å²) in [5, 5.41) is 15.0. The zero-order valence-electron chi connectivity index (χ0n) is 11.1. The number of carboxylic acid groups (broad SMARTS) is 1. The van der Waals surface area contributed by atoms with Crippen molar-refractivity contribution in [2.75, 3.05) is 25.0 Å². The van der Waals surface area contributed by atoms with Gasteiger partial charge in [-0.25, -0.2) is 0 Å². The first-order valence-corrected chi connectivity index (χ1v) is 6.25. The van der Waals surface area contributed by atoms with Gasteiger partial charge in [-0.3, -0.25) is 19.5 Å². The van der Waals surface area contributed by atoms with E-state index < -0.39 is 11.9 Å². The monoisotopic (exact) mass is 280 g/mol. The van der Waals surface area contributed by atoms with E-state index in [4.69, 9.17) is 5.11 Å². The number of aromatic nitrogens is 2. The molecule has 0 radical (unpaired) electrons. The molecule has 2 N–H and O–H groups in total. The van der Waals surface area contributed by atoms with Crippen LogP contribution >= 0.6 is 0 Å². The van der Waals surface area contributed by atoms with Crippen molar-refractivity contribution < 1.29 is 19.5 Å². The van der Waals surface area contributed by atoms with Crippen molar-refractivity contribution in [2.45, 2.75) is 12.8 Å². The lowest BCUT2D eigenvalue weighted by Crippen LogP contribution is -2.35. The van der Waals surface area contributed by atoms with Crippen molar-refractivity contribution in [3.63, 3.8) is 0 Å². The lowest BCUT2D eigenvalue weighted by molar-refractivity contribution is -0.139. The SMILES string of the molecule is CN(CCC(=O)O)C(=O)[C@@H]1CC(=O)N(c2cn[nH]c2)C1. The lowest BCUT2D eigenvalue weighted by Gasteiger charge is -2.20. The molecule has 0 aromatic carbocycles. The Bertz CT molecular complexity index is 514. The Hall–Kier alpha value is -2.38. The normalized spacial score (nSPS) is 18.4. The number of aromatic amines is 1. The van der Waals surface area contributed by atoms with Crippen LogP contribution in [0.25, 0.3) is 0 Å². The molecule has 1 aliphatic rings. The van der Waals surface area contributed by atoms with Gasteiger partial charge in [0.15, 0.2) is 0 Å². The van der Waals surface area contributed by atoms with Crippen LogP contribution in [0.3, 0.4) is 0 Å². The fourth-order valence-corrected chi connectivity index (χ4v) is 2.20. The van der Waals surface area contributed by atoms with Crippen LogP contribution in [0.4, 0.5) is 5.69 Å². The molecule has 1 fully saturated rings. The van der Waals surface area contributed by atoms with E-state index >= 15 is 0 Å². The molecule has 2 amide bonds. The molecule has 1 saturated heterocycles. The summed E-state index contributed by atoms with van der Waals surface area (Å²) >= 11 is 0. The topological polar surface area (TPSA) is 107 Å². The highest BCUT2D eigenvalue weighted by Gasteiger charge is 2.36. The number of amides is 2. The molecule has 0 unspecified atom stereocenters. The van der Waals surface area contributed by atoms with E-state index in [0.717, 1.165) is 0 Å². The number of hydrogen-bond donors (Lipinski definition) is 2. The van der Waals surface area contributed by atoms with Crippen LogP contribution in [0, 0.1) is 5.92 Å². The van der Waals surface area contributed by atoms with Crippen LogP contribution in [-0.2, 0) is 14.4 Å². The number of hydrogen-bond acceptors (Lipinski definition) is 4. The van der Waals surface area contributed by atoms with Gasteiger partial charge in [0.05, 0.1) is 24.2 Å². The third-order valence-corrected chi connectivity index (χ3v) is 3.31. The van der Waals surface area contributed by atoms with E-state index in [1.165, 1.54) is 16.0 Å². The quantitative estimate of drug-likeness (QED) is 0.769. The molecular formula is C12H16N4O4. The summed E-state index contributed by atoms with van der Waals surface area (Å²) in [7, 11) is 1.55. The number of H-pyrrole nitrogens is 1. The van der Waals surface area contributed by atoms with Crippen LogP contribution in [0.2, 0.25) is 0 Å². The van der Waals surface area contributed by atoms with Crippen molar-refractivity contribution in [2.24, 2.45) is 5.92 Å². The molecule has 1 aromatic rings. The first-order valence-electron chi connectivity index (χ1n) is 6.25. The van der Waals surface area contributed by atoms with Crippen LogP contribution in [0.1, 0.15) is 12.8 Å². The number of nitrogens with one attached hydrogen (secondary N) is 1. The minimum absolute atomic E-state index is 0.103. The molecule has 0 bridgehead atoms. The minimum atomic E-state index is -0.952. The zero-order chi connectivity index (χ0) is 14.7. The predicted octanol–water partition coefficient (Wildman–Crippen LogP) is -0.304. The number of nitrogens with zero attached hydrogens (tertiary/aromatic N) is 3. The van der Waals surface area contributed by atoms with Gasteiger partial charge >= 0.3 is 5.97 Å². The second kappa shape index (κ2) is 5.72. The van der Waals surface area contributed by atoms with Crippen LogP contribution in [0.5, 0.6) is 0 Å². The Balaban J connectivity index is 1.96. The van der Waals surface area contributed by atoms with Crippen molar-refractivity contribution in [1.29, 1.82) is 0 Å². The summed E-state index contributed by atoms with van der Waals surface area (Å²) in [6, 6.07) is 0. The summed E-state index contributed by atoms with van der Waals surface area (Å²) in [6.07, 6.45) is 3.16. The van der Waals surface area contributed by atoms with Crippen molar-refractivity contribution in [1.82, 2.24) is 15.1 Å². The molecular weight excluding hydrogens is 264 g/mol. The van der Waals surface area contributed by atoms with E-state index in [1.54, 1.807) is 13.2 Å². The summed E-state index contributed by atoms with van der Waals surface area (Å²) in [4.78, 5) is 37.4. The number of carboxylic acids is 1. The highest BCUT2D eigenvalue weighted by molar-refractivity contribution is 6.00. The Morgan fingerprint density at radius 3 is 2.95 bits per heavy atom. The van der Waals surface area contributed by atoms with E-state index in [-0.39, 0.29) is 31.2 Å². The number of rotatable bonds is 5. The van der Waals surface area contributed by atoms with Crippen molar-refractivity contribution >= 4 is 23.5 Å². The molecule has 0 spiro atoms. The van der Waals surface area contributed by atoms with Gasteiger partial charge in [0.1, 0.15) is 0 Å². The van der Waals surface area contributed by atoms with E-state index in [2.05, 4.69) is 10.2 Å². The third kappa shape index (κ3) is 2.95. The number of carbonyl (C=O) groups excluding carboxylic acids is 2. The Morgan fingerprint density at radius 1 is 1.60 bits per heavy atom. The first-order chi connectivity index (χ1) is 9.49. The number of carbonyl (C=O) groups is 3. The molecule has 1 aliphatic heterocycles. The van der Waals surface area contributed by atoms with Crippen LogP contribution in [-0.4, -0.2) is 58.1 Å². The highest BCUT2D eigenvalue weighted by atomic mass is 16.4. The summed E-state index contributed by atoms with van der Waals surface area (Å²) < 4.78 is 0. The highest BCUT2D eigenvalue weighted by Crippen LogP contribution is 2.25. The zero-order valence-corrected chi connectivity index (χ0v) is 11.1. The van der Waals surface area contributed by atoms with Gasteiger partial charge in [-0.2, -0.15) is 5.10 Å². The van der Waals surface area contributed by atoms with Crippen LogP contribution < -0.4 is 4.90 Å². The maximum Gasteiger partial charge on any atom is 0.305 e. The lowest BCUT2D eigenvalue weighted by atomic mass is 10.1. The Morgan fingerprint density at radius 2 is 2.35 bits per heavy atom. The molecule has 108 valence electrons. The smallest absolute Gasteiger partial charge is 0.305 e. The third-order valence-electron chi connectivity index (χ3n) is 3.31. The molecule has 0 aliphatic carbocycles. The first kappa shape index (κ1) is 14.0. The molecule has 1 aromatic heterocycles. The average molecular weight is 280 g/mol. The van der Waals surface area contributed by atoms with Gasteiger partial charge in [0, 0.05) is 32.8 Å². The standard InChI is InChI=1S/C12H16N4O4/c1-15(3-2-11(18)19)12(20)8-4-10(17)16(7-8)9-5-13-14-6-9/h5-6,8H,2-4,7H2,1H3,(H,13,14)(H,18,19)/t8-/m1/s1. The van der Waals surface area contributed by atoms with Crippen LogP contribution in [0.15, 0.2) is 12.4 Å². The molecule has 8 heteroatoms. The number of aliphatic carboxylic acids is 1. The molecule has 1 atom stereocenters. The van der Waals surface area contributed by atoms with Gasteiger partial charge in [-0.1, -0.05) is 0 Å². The number of anilines is 1. The van der Waals surface area contributed by atoms with Gasteiger partial charge in [-0.05, 0) is 0 Å². The maximum absolute atomic E-state index is 12.1. The summed E-state index contributed by atoms with van der Waals surface area (Å²) in [6.45, 7) is 0.444. The van der Waals surface area contributed by atoms with Gasteiger partial charge in [-0.15, -0.1) is 0 Å². The molecule has 20 heavy (non-hydrogen) atoms. The maximum atomic E-state index is 12.1. The molecule has 0 saturated carbocycles. The summed E-state index contributed by atoms with van der Waals surface area (Å²) in [5.74, 6) is -1.72. The van der Waals surface area contributed by atoms with Crippen molar-refractivity contribution in [3.8, 4) is 0 Å². The van der Waals surface area contributed by atoms with Gasteiger partial charge in [0.2, 0.25) is 11.8 Å². The second-order valence-corrected chi connectivity index (χ2v) is 4.77. The Kier molecular flexibility index (Phi) is 4.02. The van der Waals surface area contributed by atoms with Gasteiger partial charge < -0.3 is 14.9 Å². The predicted molar refractivity (Wildman–Crippen MR) is 68.9 cm³/mol. The molecule has 2 heterocycles. The second-order valence-electron chi connectivity index (χ2n) is 4.77. The Labute approximate surface area is 115 Å².